The molecule has 0 saturated heterocycles. The van der Waals surface area contributed by atoms with Gasteiger partial charge in [0.1, 0.15) is 0 Å². The van der Waals surface area contributed by atoms with Gasteiger partial charge in [-0.15, -0.1) is 0 Å². The molecule has 0 aliphatic rings. The number of aryl methyl sites for hydroxylation is 2. The molecule has 0 atom stereocenters. The second kappa shape index (κ2) is 6.20. The van der Waals surface area contributed by atoms with Gasteiger partial charge in [-0.1, -0.05) is 0 Å². The summed E-state index contributed by atoms with van der Waals surface area (Å²) in [6.45, 7) is 4.45. The molecule has 98 valence electrons. The highest BCUT2D eigenvalue weighted by molar-refractivity contribution is 5.50. The van der Waals surface area contributed by atoms with Gasteiger partial charge in [0, 0.05) is 45.4 Å². The van der Waals surface area contributed by atoms with Crippen LogP contribution < -0.4 is 5.32 Å². The maximum absolute atomic E-state index is 5.33. The molecule has 0 saturated carbocycles. The first-order valence-corrected chi connectivity index (χ1v) is 6.14. The third-order valence-electron chi connectivity index (χ3n) is 2.57. The van der Waals surface area contributed by atoms with Crippen LogP contribution in [0.4, 0.5) is 11.6 Å². The molecular weight excluding hydrogens is 230 g/mol. The normalized spacial score (nSPS) is 10.8. The van der Waals surface area contributed by atoms with Gasteiger partial charge in [-0.2, -0.15) is 5.10 Å². The molecule has 2 aromatic rings. The third-order valence-corrected chi connectivity index (χ3v) is 2.57. The van der Waals surface area contributed by atoms with Crippen LogP contribution in [0, 0.1) is 0 Å². The van der Waals surface area contributed by atoms with E-state index in [-0.39, 0.29) is 0 Å². The van der Waals surface area contributed by atoms with Crippen molar-refractivity contribution in [1.29, 1.82) is 0 Å². The van der Waals surface area contributed by atoms with Crippen molar-refractivity contribution in [2.45, 2.75) is 19.9 Å². The minimum Gasteiger partial charge on any atom is -0.382 e. The maximum Gasteiger partial charge on any atom is 0.207 e. The summed E-state index contributed by atoms with van der Waals surface area (Å²) in [6, 6.07) is 0. The summed E-state index contributed by atoms with van der Waals surface area (Å²) in [7, 11) is 1.89. The Bertz CT molecular complexity index is 476. The van der Waals surface area contributed by atoms with E-state index < -0.39 is 0 Å². The predicted octanol–water partition coefficient (Wildman–Crippen LogP) is 1.79. The number of aromatic nitrogens is 4. The van der Waals surface area contributed by atoms with Gasteiger partial charge in [-0.05, 0) is 13.3 Å². The molecular formula is C12H19N5O. The Hall–Kier alpha value is -1.82. The van der Waals surface area contributed by atoms with E-state index in [9.17, 15) is 0 Å². The van der Waals surface area contributed by atoms with Crippen LogP contribution in [0.5, 0.6) is 0 Å². The molecule has 18 heavy (non-hydrogen) atoms. The van der Waals surface area contributed by atoms with Crippen LogP contribution >= 0.6 is 0 Å². The van der Waals surface area contributed by atoms with Crippen molar-refractivity contribution >= 4 is 11.6 Å². The van der Waals surface area contributed by atoms with Crippen molar-refractivity contribution in [1.82, 2.24) is 19.3 Å². The van der Waals surface area contributed by atoms with E-state index in [0.29, 0.717) is 0 Å². The van der Waals surface area contributed by atoms with Gasteiger partial charge >= 0.3 is 0 Å². The SMILES string of the molecule is CCOCCCn1ccnc1Nc1cnn(C)c1. The molecule has 1 N–H and O–H groups in total. The summed E-state index contributed by atoms with van der Waals surface area (Å²) >= 11 is 0. The van der Waals surface area contributed by atoms with E-state index in [1.165, 1.54) is 0 Å². The summed E-state index contributed by atoms with van der Waals surface area (Å²) < 4.78 is 9.16. The van der Waals surface area contributed by atoms with Crippen molar-refractivity contribution in [2.75, 3.05) is 18.5 Å². The number of anilines is 2. The van der Waals surface area contributed by atoms with E-state index in [2.05, 4.69) is 20.0 Å². The summed E-state index contributed by atoms with van der Waals surface area (Å²) in [5.74, 6) is 0.833. The molecule has 0 unspecified atom stereocenters. The zero-order valence-electron chi connectivity index (χ0n) is 10.8. The van der Waals surface area contributed by atoms with Gasteiger partial charge in [0.05, 0.1) is 11.9 Å². The summed E-state index contributed by atoms with van der Waals surface area (Å²) in [6.07, 6.45) is 8.42. The van der Waals surface area contributed by atoms with Gasteiger partial charge in [-0.25, -0.2) is 4.98 Å². The Morgan fingerprint density at radius 2 is 2.33 bits per heavy atom. The second-order valence-corrected chi connectivity index (χ2v) is 4.02. The largest absolute Gasteiger partial charge is 0.382 e. The molecule has 0 aliphatic heterocycles. The van der Waals surface area contributed by atoms with Crippen LogP contribution in [0.25, 0.3) is 0 Å². The summed E-state index contributed by atoms with van der Waals surface area (Å²) in [5, 5.41) is 7.35. The molecule has 6 heteroatoms. The number of ether oxygens (including phenoxy) is 1. The van der Waals surface area contributed by atoms with E-state index in [1.54, 1.807) is 17.1 Å². The zero-order chi connectivity index (χ0) is 12.8. The first-order chi connectivity index (χ1) is 8.79. The molecule has 0 aliphatic carbocycles. The first kappa shape index (κ1) is 12.6. The summed E-state index contributed by atoms with van der Waals surface area (Å²) in [4.78, 5) is 4.29. The predicted molar refractivity (Wildman–Crippen MR) is 69.8 cm³/mol. The Morgan fingerprint density at radius 1 is 1.44 bits per heavy atom. The van der Waals surface area contributed by atoms with Crippen LogP contribution in [0.15, 0.2) is 24.8 Å². The van der Waals surface area contributed by atoms with Crippen molar-refractivity contribution in [3.05, 3.63) is 24.8 Å². The molecule has 2 rings (SSSR count). The fraction of sp³-hybridized carbons (Fsp3) is 0.500. The fourth-order valence-corrected chi connectivity index (χ4v) is 1.71. The highest BCUT2D eigenvalue weighted by atomic mass is 16.5. The van der Waals surface area contributed by atoms with E-state index in [4.69, 9.17) is 4.74 Å². The maximum atomic E-state index is 5.33. The number of hydrogen-bond donors (Lipinski definition) is 1. The van der Waals surface area contributed by atoms with Crippen molar-refractivity contribution < 1.29 is 4.74 Å². The Kier molecular flexibility index (Phi) is 4.35. The molecule has 0 radical (unpaired) electrons. The molecule has 6 nitrogen and oxygen atoms in total. The number of nitrogens with one attached hydrogen (secondary N) is 1. The monoisotopic (exact) mass is 249 g/mol. The minimum absolute atomic E-state index is 0.769. The minimum atomic E-state index is 0.769. The van der Waals surface area contributed by atoms with E-state index in [1.807, 2.05) is 26.4 Å². The molecule has 0 amide bonds. The zero-order valence-corrected chi connectivity index (χ0v) is 10.8. The van der Waals surface area contributed by atoms with Crippen LogP contribution in [0.1, 0.15) is 13.3 Å². The molecule has 2 aromatic heterocycles. The molecule has 0 spiro atoms. The number of nitrogens with zero attached hydrogens (tertiary/aromatic N) is 4. The lowest BCUT2D eigenvalue weighted by molar-refractivity contribution is 0.142. The smallest absolute Gasteiger partial charge is 0.207 e. The molecule has 2 heterocycles. The number of rotatable bonds is 7. The molecule has 0 fully saturated rings. The van der Waals surface area contributed by atoms with Crippen LogP contribution in [0.2, 0.25) is 0 Å². The van der Waals surface area contributed by atoms with Crippen molar-refractivity contribution in [2.24, 2.45) is 7.05 Å². The molecule has 0 aromatic carbocycles. The van der Waals surface area contributed by atoms with E-state index >= 15 is 0 Å². The molecule has 0 bridgehead atoms. The van der Waals surface area contributed by atoms with Gasteiger partial charge in [0.15, 0.2) is 0 Å². The topological polar surface area (TPSA) is 56.9 Å². The van der Waals surface area contributed by atoms with Crippen molar-refractivity contribution in [3.8, 4) is 0 Å². The lowest BCUT2D eigenvalue weighted by Crippen LogP contribution is -2.05. The number of hydrogen-bond acceptors (Lipinski definition) is 4. The highest BCUT2D eigenvalue weighted by Crippen LogP contribution is 2.13. The Morgan fingerprint density at radius 3 is 3.06 bits per heavy atom. The van der Waals surface area contributed by atoms with Gasteiger partial charge < -0.3 is 14.6 Å². The lowest BCUT2D eigenvalue weighted by atomic mass is 10.4. The Balaban J connectivity index is 1.91. The van der Waals surface area contributed by atoms with Gasteiger partial charge in [-0.3, -0.25) is 4.68 Å². The van der Waals surface area contributed by atoms with Gasteiger partial charge in [0.2, 0.25) is 5.95 Å². The lowest BCUT2D eigenvalue weighted by Gasteiger charge is -2.08. The Labute approximate surface area is 107 Å². The van der Waals surface area contributed by atoms with Gasteiger partial charge in [0.25, 0.3) is 0 Å². The van der Waals surface area contributed by atoms with Crippen LogP contribution in [0.3, 0.4) is 0 Å². The average molecular weight is 249 g/mol. The first-order valence-electron chi connectivity index (χ1n) is 6.14. The fourth-order valence-electron chi connectivity index (χ4n) is 1.71. The van der Waals surface area contributed by atoms with Crippen molar-refractivity contribution in [3.63, 3.8) is 0 Å². The standard InChI is InChI=1S/C12H19N5O/c1-3-18-8-4-6-17-7-5-13-12(17)15-11-9-14-16(2)10-11/h5,7,9-10H,3-4,6,8H2,1-2H3,(H,13,15). The third kappa shape index (κ3) is 3.33. The average Bonchev–Trinajstić information content (AvgIpc) is 2.95. The quantitative estimate of drug-likeness (QED) is 0.760. The van der Waals surface area contributed by atoms with E-state index in [0.717, 1.165) is 37.8 Å². The number of imidazole rings is 1. The van der Waals surface area contributed by atoms with Crippen LogP contribution in [-0.4, -0.2) is 32.5 Å². The second-order valence-electron chi connectivity index (χ2n) is 4.02. The highest BCUT2D eigenvalue weighted by Gasteiger charge is 2.04. The summed E-state index contributed by atoms with van der Waals surface area (Å²) in [5.41, 5.74) is 0.940. The van der Waals surface area contributed by atoms with Crippen LogP contribution in [-0.2, 0) is 18.3 Å².